The maximum atomic E-state index is 12.2. The lowest BCUT2D eigenvalue weighted by Gasteiger charge is -2.28. The molecule has 3 nitrogen and oxygen atoms in total. The van der Waals surface area contributed by atoms with Gasteiger partial charge in [0.1, 0.15) is 0 Å². The molecule has 1 aromatic rings. The summed E-state index contributed by atoms with van der Waals surface area (Å²) in [4.78, 5) is 17.0. The van der Waals surface area contributed by atoms with Gasteiger partial charge in [0.2, 0.25) is 5.91 Å². The highest BCUT2D eigenvalue weighted by Gasteiger charge is 2.38. The van der Waals surface area contributed by atoms with E-state index in [2.05, 4.69) is 53.1 Å². The summed E-state index contributed by atoms with van der Waals surface area (Å²) in [7, 11) is 0. The molecular formula is C20H28N2O. The van der Waals surface area contributed by atoms with Gasteiger partial charge in [-0.2, -0.15) is 0 Å². The van der Waals surface area contributed by atoms with Crippen LogP contribution in [0.2, 0.25) is 0 Å². The van der Waals surface area contributed by atoms with Gasteiger partial charge in [0.15, 0.2) is 0 Å². The van der Waals surface area contributed by atoms with E-state index in [0.29, 0.717) is 24.4 Å². The first-order valence-electron chi connectivity index (χ1n) is 8.94. The minimum Gasteiger partial charge on any atom is -0.335 e. The Labute approximate surface area is 140 Å². The van der Waals surface area contributed by atoms with Crippen molar-refractivity contribution in [1.82, 2.24) is 9.80 Å². The van der Waals surface area contributed by atoms with E-state index in [1.165, 1.54) is 24.0 Å². The van der Waals surface area contributed by atoms with Crippen molar-refractivity contribution >= 4 is 11.5 Å². The first kappa shape index (κ1) is 16.3. The molecule has 0 aliphatic carbocycles. The van der Waals surface area contributed by atoms with Gasteiger partial charge >= 0.3 is 0 Å². The van der Waals surface area contributed by atoms with Crippen LogP contribution in [0.4, 0.5) is 0 Å². The number of carbonyl (C=O) groups is 1. The average molecular weight is 312 g/mol. The smallest absolute Gasteiger partial charge is 0.222 e. The van der Waals surface area contributed by atoms with E-state index in [1.807, 2.05) is 6.92 Å². The monoisotopic (exact) mass is 312 g/mol. The molecule has 0 spiro atoms. The minimum atomic E-state index is 0.343. The Morgan fingerprint density at radius 3 is 2.65 bits per heavy atom. The predicted octanol–water partition coefficient (Wildman–Crippen LogP) is 3.57. The highest BCUT2D eigenvalue weighted by Crippen LogP contribution is 2.30. The zero-order chi connectivity index (χ0) is 16.2. The van der Waals surface area contributed by atoms with Crippen LogP contribution >= 0.6 is 0 Å². The summed E-state index contributed by atoms with van der Waals surface area (Å²) in [6.07, 6.45) is 6.47. The third kappa shape index (κ3) is 3.66. The fraction of sp³-hybridized carbons (Fsp3) is 0.550. The Bertz CT molecular complexity index is 566. The van der Waals surface area contributed by atoms with Crippen LogP contribution in [-0.4, -0.2) is 47.4 Å². The number of rotatable bonds is 4. The molecule has 0 radical (unpaired) electrons. The highest BCUT2D eigenvalue weighted by atomic mass is 16.2. The Kier molecular flexibility index (Phi) is 5.16. The Morgan fingerprint density at radius 1 is 1.17 bits per heavy atom. The standard InChI is InChI=1S/C20H28N2O/c1-3-20(23)22-18-9-10-19(22)15-21(14-12-18)13-11-16(2)17-7-5-4-6-8-17/h4-8,11,18-19H,3,9-10,12-15H2,1-2H3. The number of allylic oxidation sites excluding steroid dienone is 1. The molecule has 2 atom stereocenters. The lowest BCUT2D eigenvalue weighted by Crippen LogP contribution is -2.42. The number of nitrogens with zero attached hydrogens (tertiary/aromatic N) is 2. The van der Waals surface area contributed by atoms with Crippen LogP contribution in [-0.2, 0) is 4.79 Å². The molecule has 2 heterocycles. The number of likely N-dealkylation sites (tertiary alicyclic amines) is 1. The third-order valence-electron chi connectivity index (χ3n) is 5.34. The van der Waals surface area contributed by atoms with E-state index in [4.69, 9.17) is 0 Å². The summed E-state index contributed by atoms with van der Waals surface area (Å²) in [5.74, 6) is 0.343. The first-order chi connectivity index (χ1) is 11.2. The van der Waals surface area contributed by atoms with Crippen molar-refractivity contribution in [2.45, 2.75) is 51.6 Å². The van der Waals surface area contributed by atoms with Crippen LogP contribution in [0.25, 0.3) is 5.57 Å². The summed E-state index contributed by atoms with van der Waals surface area (Å²) >= 11 is 0. The SMILES string of the molecule is CCC(=O)N1C2CCC1CN(CC=C(C)c1ccccc1)CC2. The molecule has 2 aliphatic heterocycles. The molecule has 1 amide bonds. The van der Waals surface area contributed by atoms with Gasteiger partial charge in [-0.05, 0) is 37.3 Å². The molecular weight excluding hydrogens is 284 g/mol. The molecule has 2 unspecified atom stereocenters. The number of carbonyl (C=O) groups excluding carboxylic acids is 1. The van der Waals surface area contributed by atoms with E-state index in [1.54, 1.807) is 0 Å². The molecule has 0 aromatic heterocycles. The van der Waals surface area contributed by atoms with E-state index >= 15 is 0 Å². The largest absolute Gasteiger partial charge is 0.335 e. The average Bonchev–Trinajstić information content (AvgIpc) is 2.88. The van der Waals surface area contributed by atoms with E-state index in [0.717, 1.165) is 26.1 Å². The van der Waals surface area contributed by atoms with Gasteiger partial charge in [0.25, 0.3) is 0 Å². The Hall–Kier alpha value is -1.61. The molecule has 2 fully saturated rings. The molecule has 2 saturated heterocycles. The van der Waals surface area contributed by atoms with Crippen molar-refractivity contribution in [3.8, 4) is 0 Å². The summed E-state index contributed by atoms with van der Waals surface area (Å²) in [6, 6.07) is 11.5. The molecule has 3 heteroatoms. The number of fused-ring (bicyclic) bond motifs is 2. The third-order valence-corrected chi connectivity index (χ3v) is 5.34. The second-order valence-electron chi connectivity index (χ2n) is 6.84. The number of benzene rings is 1. The number of hydrogen-bond acceptors (Lipinski definition) is 2. The lowest BCUT2D eigenvalue weighted by molar-refractivity contribution is -0.133. The van der Waals surface area contributed by atoms with Gasteiger partial charge in [0.05, 0.1) is 0 Å². The molecule has 0 N–H and O–H groups in total. The van der Waals surface area contributed by atoms with Crippen molar-refractivity contribution in [3.63, 3.8) is 0 Å². The second-order valence-corrected chi connectivity index (χ2v) is 6.84. The number of hydrogen-bond donors (Lipinski definition) is 0. The second kappa shape index (κ2) is 7.31. The molecule has 124 valence electrons. The summed E-state index contributed by atoms with van der Waals surface area (Å²) < 4.78 is 0. The molecule has 2 bridgehead atoms. The van der Waals surface area contributed by atoms with Crippen LogP contribution in [0.3, 0.4) is 0 Å². The summed E-state index contributed by atoms with van der Waals surface area (Å²) in [6.45, 7) is 7.29. The van der Waals surface area contributed by atoms with Gasteiger partial charge in [-0.25, -0.2) is 0 Å². The van der Waals surface area contributed by atoms with E-state index < -0.39 is 0 Å². The summed E-state index contributed by atoms with van der Waals surface area (Å²) in [5, 5.41) is 0. The van der Waals surface area contributed by atoms with Crippen LogP contribution < -0.4 is 0 Å². The maximum absolute atomic E-state index is 12.2. The normalized spacial score (nSPS) is 25.5. The van der Waals surface area contributed by atoms with Crippen molar-refractivity contribution in [2.75, 3.05) is 19.6 Å². The van der Waals surface area contributed by atoms with Crippen molar-refractivity contribution < 1.29 is 4.79 Å². The van der Waals surface area contributed by atoms with Gasteiger partial charge in [-0.3, -0.25) is 9.69 Å². The first-order valence-corrected chi connectivity index (χ1v) is 8.94. The van der Waals surface area contributed by atoms with Crippen molar-refractivity contribution in [3.05, 3.63) is 42.0 Å². The van der Waals surface area contributed by atoms with E-state index in [-0.39, 0.29) is 0 Å². The van der Waals surface area contributed by atoms with Gasteiger partial charge in [-0.15, -0.1) is 0 Å². The zero-order valence-electron chi connectivity index (χ0n) is 14.4. The van der Waals surface area contributed by atoms with Gasteiger partial charge in [0, 0.05) is 38.1 Å². The molecule has 3 rings (SSSR count). The summed E-state index contributed by atoms with van der Waals surface area (Å²) in [5.41, 5.74) is 2.63. The lowest BCUT2D eigenvalue weighted by atomic mass is 10.1. The van der Waals surface area contributed by atoms with Gasteiger partial charge < -0.3 is 4.90 Å². The van der Waals surface area contributed by atoms with Crippen molar-refractivity contribution in [2.24, 2.45) is 0 Å². The topological polar surface area (TPSA) is 23.6 Å². The fourth-order valence-electron chi connectivity index (χ4n) is 3.99. The molecule has 23 heavy (non-hydrogen) atoms. The zero-order valence-corrected chi connectivity index (χ0v) is 14.4. The van der Waals surface area contributed by atoms with Crippen LogP contribution in [0.1, 0.15) is 45.1 Å². The van der Waals surface area contributed by atoms with Crippen LogP contribution in [0, 0.1) is 0 Å². The van der Waals surface area contributed by atoms with Crippen LogP contribution in [0.15, 0.2) is 36.4 Å². The number of amides is 1. The quantitative estimate of drug-likeness (QED) is 0.848. The highest BCUT2D eigenvalue weighted by molar-refractivity contribution is 5.77. The Morgan fingerprint density at radius 2 is 1.91 bits per heavy atom. The molecule has 2 aliphatic rings. The molecule has 1 aromatic carbocycles. The van der Waals surface area contributed by atoms with Crippen molar-refractivity contribution in [1.29, 1.82) is 0 Å². The van der Waals surface area contributed by atoms with Crippen LogP contribution in [0.5, 0.6) is 0 Å². The fourth-order valence-corrected chi connectivity index (χ4v) is 3.99. The minimum absolute atomic E-state index is 0.343. The van der Waals surface area contributed by atoms with Gasteiger partial charge in [-0.1, -0.05) is 43.3 Å². The Balaban J connectivity index is 1.64. The maximum Gasteiger partial charge on any atom is 0.222 e. The van der Waals surface area contributed by atoms with E-state index in [9.17, 15) is 4.79 Å². The molecule has 0 saturated carbocycles. The predicted molar refractivity (Wildman–Crippen MR) is 95.1 cm³/mol.